The minimum atomic E-state index is 0.631. The molecule has 0 saturated carbocycles. The van der Waals surface area contributed by atoms with Crippen molar-refractivity contribution in [2.45, 2.75) is 0 Å². The molecule has 0 unspecified atom stereocenters. The lowest BCUT2D eigenvalue weighted by Crippen LogP contribution is -1.89. The largest absolute Gasteiger partial charge is 0.496 e. The summed E-state index contributed by atoms with van der Waals surface area (Å²) in [4.78, 5) is 4.41. The first kappa shape index (κ1) is 11.7. The van der Waals surface area contributed by atoms with Gasteiger partial charge in [0.05, 0.1) is 40.0 Å². The molecule has 0 fully saturated rings. The Morgan fingerprint density at radius 2 is 2.16 bits per heavy atom. The van der Waals surface area contributed by atoms with Crippen LogP contribution in [0.5, 0.6) is 5.75 Å². The van der Waals surface area contributed by atoms with Crippen molar-refractivity contribution in [3.05, 3.63) is 47.5 Å². The van der Waals surface area contributed by atoms with E-state index >= 15 is 0 Å². The Kier molecular flexibility index (Phi) is 2.90. The third kappa shape index (κ3) is 1.94. The SMILES string of the molecule is COc1ccc2scnc2c1-c1cccc(C#N)c1. The predicted octanol–water partition coefficient (Wildman–Crippen LogP) is 3.84. The van der Waals surface area contributed by atoms with Crippen molar-refractivity contribution in [2.75, 3.05) is 7.11 Å². The van der Waals surface area contributed by atoms with Crippen molar-refractivity contribution in [1.82, 2.24) is 4.98 Å². The molecule has 0 spiro atoms. The summed E-state index contributed by atoms with van der Waals surface area (Å²) in [5.74, 6) is 0.772. The zero-order valence-electron chi connectivity index (χ0n) is 10.3. The number of hydrogen-bond donors (Lipinski definition) is 0. The van der Waals surface area contributed by atoms with Crippen molar-refractivity contribution in [3.8, 4) is 22.9 Å². The van der Waals surface area contributed by atoms with Gasteiger partial charge in [0.1, 0.15) is 5.75 Å². The molecule has 0 amide bonds. The Bertz CT molecular complexity index is 786. The molecule has 0 aliphatic carbocycles. The third-order valence-corrected chi connectivity index (χ3v) is 3.76. The lowest BCUT2D eigenvalue weighted by molar-refractivity contribution is 0.417. The minimum absolute atomic E-state index is 0.631. The Morgan fingerprint density at radius 3 is 2.95 bits per heavy atom. The van der Waals surface area contributed by atoms with Gasteiger partial charge in [0.2, 0.25) is 0 Å². The van der Waals surface area contributed by atoms with Gasteiger partial charge in [-0.15, -0.1) is 11.3 Å². The number of benzene rings is 2. The van der Waals surface area contributed by atoms with Gasteiger partial charge < -0.3 is 4.74 Å². The summed E-state index contributed by atoms with van der Waals surface area (Å²) in [7, 11) is 1.64. The van der Waals surface area contributed by atoms with Gasteiger partial charge in [-0.1, -0.05) is 12.1 Å². The highest BCUT2D eigenvalue weighted by Gasteiger charge is 2.13. The van der Waals surface area contributed by atoms with E-state index < -0.39 is 0 Å². The molecule has 1 heterocycles. The first-order valence-corrected chi connectivity index (χ1v) is 6.62. The van der Waals surface area contributed by atoms with Crippen molar-refractivity contribution >= 4 is 21.6 Å². The fourth-order valence-electron chi connectivity index (χ4n) is 2.11. The Morgan fingerprint density at radius 1 is 1.26 bits per heavy atom. The number of nitriles is 1. The average Bonchev–Trinajstić information content (AvgIpc) is 2.94. The summed E-state index contributed by atoms with van der Waals surface area (Å²) in [5, 5.41) is 9.01. The van der Waals surface area contributed by atoms with E-state index in [9.17, 15) is 0 Å². The fourth-order valence-corrected chi connectivity index (χ4v) is 2.79. The van der Waals surface area contributed by atoms with E-state index in [0.717, 1.165) is 27.1 Å². The molecule has 0 bridgehead atoms. The zero-order valence-corrected chi connectivity index (χ0v) is 11.1. The molecule has 92 valence electrons. The number of hydrogen-bond acceptors (Lipinski definition) is 4. The lowest BCUT2D eigenvalue weighted by atomic mass is 10.0. The van der Waals surface area contributed by atoms with Crippen LogP contribution >= 0.6 is 11.3 Å². The van der Waals surface area contributed by atoms with Crippen LogP contribution in [-0.4, -0.2) is 12.1 Å². The number of rotatable bonds is 2. The van der Waals surface area contributed by atoms with Gasteiger partial charge in [0, 0.05) is 0 Å². The Hall–Kier alpha value is -2.38. The topological polar surface area (TPSA) is 45.9 Å². The van der Waals surface area contributed by atoms with E-state index in [-0.39, 0.29) is 0 Å². The first-order chi connectivity index (χ1) is 9.33. The number of methoxy groups -OCH3 is 1. The van der Waals surface area contributed by atoms with Crippen molar-refractivity contribution in [1.29, 1.82) is 5.26 Å². The van der Waals surface area contributed by atoms with Gasteiger partial charge >= 0.3 is 0 Å². The number of fused-ring (bicyclic) bond motifs is 1. The van der Waals surface area contributed by atoms with Gasteiger partial charge in [-0.3, -0.25) is 0 Å². The molecule has 3 aromatic rings. The predicted molar refractivity (Wildman–Crippen MR) is 76.3 cm³/mol. The molecule has 3 nitrogen and oxygen atoms in total. The molecule has 0 radical (unpaired) electrons. The van der Waals surface area contributed by atoms with E-state index in [0.29, 0.717) is 5.56 Å². The lowest BCUT2D eigenvalue weighted by Gasteiger charge is -2.09. The maximum absolute atomic E-state index is 9.01. The van der Waals surface area contributed by atoms with Gasteiger partial charge in [-0.25, -0.2) is 4.98 Å². The molecule has 3 rings (SSSR count). The van der Waals surface area contributed by atoms with Crippen LogP contribution in [0.25, 0.3) is 21.3 Å². The van der Waals surface area contributed by atoms with Crippen LogP contribution in [0.4, 0.5) is 0 Å². The molecule has 1 aromatic heterocycles. The first-order valence-electron chi connectivity index (χ1n) is 5.74. The monoisotopic (exact) mass is 266 g/mol. The van der Waals surface area contributed by atoms with Gasteiger partial charge in [0.25, 0.3) is 0 Å². The number of ether oxygens (including phenoxy) is 1. The fraction of sp³-hybridized carbons (Fsp3) is 0.0667. The van der Waals surface area contributed by atoms with Crippen LogP contribution in [0.3, 0.4) is 0 Å². The number of nitrogens with zero attached hydrogens (tertiary/aromatic N) is 2. The van der Waals surface area contributed by atoms with Crippen molar-refractivity contribution < 1.29 is 4.74 Å². The van der Waals surface area contributed by atoms with E-state index in [1.807, 2.05) is 35.8 Å². The molecular weight excluding hydrogens is 256 g/mol. The van der Waals surface area contributed by atoms with Gasteiger partial charge in [-0.05, 0) is 29.8 Å². The second kappa shape index (κ2) is 4.71. The van der Waals surface area contributed by atoms with Crippen molar-refractivity contribution in [2.24, 2.45) is 0 Å². The maximum atomic E-state index is 9.01. The molecule has 0 aliphatic heterocycles. The van der Waals surface area contributed by atoms with E-state index in [1.165, 1.54) is 0 Å². The van der Waals surface area contributed by atoms with Crippen molar-refractivity contribution in [3.63, 3.8) is 0 Å². The number of thiazole rings is 1. The standard InChI is InChI=1S/C15H10N2OS/c1-18-12-5-6-13-15(17-9-19-13)14(12)11-4-2-3-10(7-11)8-16/h2-7,9H,1H3. The maximum Gasteiger partial charge on any atom is 0.128 e. The molecule has 0 aliphatic rings. The quantitative estimate of drug-likeness (QED) is 0.708. The molecule has 0 atom stereocenters. The second-order valence-electron chi connectivity index (χ2n) is 4.03. The average molecular weight is 266 g/mol. The van der Waals surface area contributed by atoms with Gasteiger partial charge in [-0.2, -0.15) is 5.26 Å². The second-order valence-corrected chi connectivity index (χ2v) is 4.92. The molecule has 0 saturated heterocycles. The zero-order chi connectivity index (χ0) is 13.2. The molecular formula is C15H10N2OS. The van der Waals surface area contributed by atoms with Crippen LogP contribution in [0, 0.1) is 11.3 Å². The third-order valence-electron chi connectivity index (χ3n) is 2.96. The number of aromatic nitrogens is 1. The molecule has 4 heteroatoms. The summed E-state index contributed by atoms with van der Waals surface area (Å²) >= 11 is 1.59. The minimum Gasteiger partial charge on any atom is -0.496 e. The highest BCUT2D eigenvalue weighted by molar-refractivity contribution is 7.16. The Balaban J connectivity index is 2.33. The highest BCUT2D eigenvalue weighted by atomic mass is 32.1. The summed E-state index contributed by atoms with van der Waals surface area (Å²) in [6, 6.07) is 13.6. The highest BCUT2D eigenvalue weighted by Crippen LogP contribution is 2.37. The molecule has 0 N–H and O–H groups in total. The summed E-state index contributed by atoms with van der Waals surface area (Å²) in [5.41, 5.74) is 5.26. The summed E-state index contributed by atoms with van der Waals surface area (Å²) < 4.78 is 6.54. The van der Waals surface area contributed by atoms with E-state index in [2.05, 4.69) is 11.1 Å². The summed E-state index contributed by atoms with van der Waals surface area (Å²) in [6.45, 7) is 0. The Labute approximate surface area is 114 Å². The normalized spacial score (nSPS) is 10.3. The van der Waals surface area contributed by atoms with Crippen LogP contribution in [0.2, 0.25) is 0 Å². The smallest absolute Gasteiger partial charge is 0.128 e. The summed E-state index contributed by atoms with van der Waals surface area (Å²) in [6.07, 6.45) is 0. The van der Waals surface area contributed by atoms with E-state index in [1.54, 1.807) is 24.5 Å². The van der Waals surface area contributed by atoms with E-state index in [4.69, 9.17) is 10.00 Å². The van der Waals surface area contributed by atoms with Crippen LogP contribution in [0.1, 0.15) is 5.56 Å². The van der Waals surface area contributed by atoms with Gasteiger partial charge in [0.15, 0.2) is 0 Å². The molecule has 19 heavy (non-hydrogen) atoms. The van der Waals surface area contributed by atoms with Crippen LogP contribution < -0.4 is 4.74 Å². The molecule has 2 aromatic carbocycles. The van der Waals surface area contributed by atoms with Crippen LogP contribution in [-0.2, 0) is 0 Å². The van der Waals surface area contributed by atoms with Crippen LogP contribution in [0.15, 0.2) is 41.9 Å².